The number of hydrogen-bond donors (Lipinski definition) is 2. The van der Waals surface area contributed by atoms with Gasteiger partial charge in [0, 0.05) is 61.7 Å². The van der Waals surface area contributed by atoms with Crippen LogP contribution in [0.4, 0.5) is 36.2 Å². The number of carbonyl (C=O) groups is 2. The van der Waals surface area contributed by atoms with E-state index in [4.69, 9.17) is 5.73 Å². The minimum atomic E-state index is -0.850. The fraction of sp³-hybridized carbons (Fsp3) is 0.379. The second kappa shape index (κ2) is 12.5. The van der Waals surface area contributed by atoms with Crippen molar-refractivity contribution < 1.29 is 22.8 Å². The van der Waals surface area contributed by atoms with E-state index < -0.39 is 17.5 Å². The van der Waals surface area contributed by atoms with Gasteiger partial charge in [-0.15, -0.1) is 0 Å². The van der Waals surface area contributed by atoms with Gasteiger partial charge >= 0.3 is 0 Å². The topological polar surface area (TPSA) is 108 Å². The molecule has 3 N–H and O–H groups in total. The number of halogens is 3. The zero-order valence-corrected chi connectivity index (χ0v) is 22.5. The van der Waals surface area contributed by atoms with Gasteiger partial charge in [-0.1, -0.05) is 0 Å². The van der Waals surface area contributed by atoms with Crippen molar-refractivity contribution in [2.24, 2.45) is 5.92 Å². The first-order valence-corrected chi connectivity index (χ1v) is 13.6. The molecule has 0 unspecified atom stereocenters. The molecule has 0 spiro atoms. The van der Waals surface area contributed by atoms with Crippen molar-refractivity contribution in [1.82, 2.24) is 19.8 Å². The van der Waals surface area contributed by atoms with Gasteiger partial charge < -0.3 is 16.0 Å². The number of rotatable bonds is 8. The quantitative estimate of drug-likeness (QED) is 0.395. The lowest BCUT2D eigenvalue weighted by atomic mass is 9.93. The lowest BCUT2D eigenvalue weighted by Crippen LogP contribution is -2.47. The predicted octanol–water partition coefficient (Wildman–Crippen LogP) is 4.09. The largest absolute Gasteiger partial charge is 0.380 e. The van der Waals surface area contributed by atoms with E-state index in [-0.39, 0.29) is 35.2 Å². The first-order chi connectivity index (χ1) is 19.8. The van der Waals surface area contributed by atoms with Gasteiger partial charge in [0.1, 0.15) is 17.5 Å². The van der Waals surface area contributed by atoms with Crippen LogP contribution in [0.3, 0.4) is 0 Å². The van der Waals surface area contributed by atoms with Crippen LogP contribution in [0.2, 0.25) is 0 Å². The highest BCUT2D eigenvalue weighted by Crippen LogP contribution is 2.34. The minimum Gasteiger partial charge on any atom is -0.380 e. The van der Waals surface area contributed by atoms with Gasteiger partial charge in [0.2, 0.25) is 18.3 Å². The normalized spacial score (nSPS) is 16.9. The van der Waals surface area contributed by atoms with Crippen molar-refractivity contribution in [3.8, 4) is 0 Å². The Morgan fingerprint density at radius 1 is 0.951 bits per heavy atom. The number of nitrogens with one attached hydrogen (secondary N) is 1. The minimum absolute atomic E-state index is 0.0186. The summed E-state index contributed by atoms with van der Waals surface area (Å²) < 4.78 is 41.9. The Bertz CT molecular complexity index is 1360. The summed E-state index contributed by atoms with van der Waals surface area (Å²) in [7, 11) is 0. The van der Waals surface area contributed by atoms with E-state index in [1.165, 1.54) is 12.1 Å². The van der Waals surface area contributed by atoms with Gasteiger partial charge in [0.25, 0.3) is 0 Å². The average molecular weight is 568 g/mol. The van der Waals surface area contributed by atoms with Crippen molar-refractivity contribution >= 4 is 35.3 Å². The predicted molar refractivity (Wildman–Crippen MR) is 149 cm³/mol. The van der Waals surface area contributed by atoms with Crippen molar-refractivity contribution in [2.75, 3.05) is 42.1 Å². The Morgan fingerprint density at radius 2 is 1.61 bits per heavy atom. The molecule has 2 amide bonds. The Labute approximate surface area is 236 Å². The molecule has 2 aliphatic rings. The average Bonchev–Trinajstić information content (AvgIpc) is 2.96. The molecule has 0 bridgehead atoms. The number of carbonyl (C=O) groups excluding carboxylic acids is 2. The third kappa shape index (κ3) is 6.94. The van der Waals surface area contributed by atoms with Crippen molar-refractivity contribution in [1.29, 1.82) is 0 Å². The zero-order chi connectivity index (χ0) is 28.9. The van der Waals surface area contributed by atoms with Crippen molar-refractivity contribution in [2.45, 2.75) is 38.3 Å². The van der Waals surface area contributed by atoms with Gasteiger partial charge in [-0.3, -0.25) is 19.4 Å². The molecule has 0 saturated carbocycles. The summed E-state index contributed by atoms with van der Waals surface area (Å²) >= 11 is 0. The number of hydrogen-bond acceptors (Lipinski definition) is 7. The van der Waals surface area contributed by atoms with E-state index in [1.54, 1.807) is 12.4 Å². The van der Waals surface area contributed by atoms with Gasteiger partial charge in [-0.2, -0.15) is 0 Å². The molecule has 5 rings (SSSR count). The zero-order valence-electron chi connectivity index (χ0n) is 22.5. The number of nitrogens with two attached hydrogens (primary N) is 1. The van der Waals surface area contributed by atoms with E-state index in [2.05, 4.69) is 20.2 Å². The Hall–Kier alpha value is -4.19. The number of piperidine rings is 2. The number of benzene rings is 2. The summed E-state index contributed by atoms with van der Waals surface area (Å²) in [5.41, 5.74) is 7.08. The smallest absolute Gasteiger partial charge is 0.225 e. The van der Waals surface area contributed by atoms with Gasteiger partial charge in [-0.05, 0) is 63.0 Å². The van der Waals surface area contributed by atoms with Crippen LogP contribution in [0.15, 0.2) is 48.8 Å². The molecule has 1 aromatic heterocycles. The molecule has 0 radical (unpaired) electrons. The van der Waals surface area contributed by atoms with E-state index in [0.717, 1.165) is 61.1 Å². The second-order valence-corrected chi connectivity index (χ2v) is 10.5. The molecular formula is C29H32F3N7O2. The molecule has 0 aliphatic carbocycles. The molecule has 41 heavy (non-hydrogen) atoms. The summed E-state index contributed by atoms with van der Waals surface area (Å²) in [6.45, 7) is 3.49. The van der Waals surface area contributed by atoms with Crippen LogP contribution >= 0.6 is 0 Å². The van der Waals surface area contributed by atoms with E-state index in [9.17, 15) is 22.8 Å². The molecule has 2 saturated heterocycles. The van der Waals surface area contributed by atoms with Crippen molar-refractivity contribution in [3.63, 3.8) is 0 Å². The summed E-state index contributed by atoms with van der Waals surface area (Å²) in [5, 5.41) is 3.34. The molecule has 216 valence electrons. The van der Waals surface area contributed by atoms with Crippen molar-refractivity contribution in [3.05, 3.63) is 71.8 Å². The highest BCUT2D eigenvalue weighted by atomic mass is 19.1. The van der Waals surface area contributed by atoms with E-state index in [0.29, 0.717) is 44.1 Å². The molecule has 2 aromatic carbocycles. The first-order valence-electron chi connectivity index (χ1n) is 13.6. The molecule has 9 nitrogen and oxygen atoms in total. The Kier molecular flexibility index (Phi) is 8.67. The monoisotopic (exact) mass is 567 g/mol. The molecule has 3 aromatic rings. The van der Waals surface area contributed by atoms with Crippen LogP contribution in [0, 0.1) is 23.4 Å². The van der Waals surface area contributed by atoms with E-state index in [1.807, 2.05) is 4.90 Å². The van der Waals surface area contributed by atoms with Crippen LogP contribution in [-0.2, 0) is 16.1 Å². The number of likely N-dealkylation sites (tertiary alicyclic amines) is 2. The fourth-order valence-corrected chi connectivity index (χ4v) is 5.53. The SMILES string of the molecule is Nc1ncc(CN2CCC(C(=O)N3CCC(Nc4ccc(F)cc4N(C=O)c4cc(F)cc(F)c4)CC3)CC2)cn1. The highest BCUT2D eigenvalue weighted by Gasteiger charge is 2.31. The van der Waals surface area contributed by atoms with Gasteiger partial charge in [0.15, 0.2) is 0 Å². The third-order valence-electron chi connectivity index (χ3n) is 7.68. The molecule has 2 aliphatic heterocycles. The number of nitrogen functional groups attached to an aromatic ring is 1. The summed E-state index contributed by atoms with van der Waals surface area (Å²) in [6.07, 6.45) is 6.74. The van der Waals surface area contributed by atoms with Crippen LogP contribution in [-0.4, -0.2) is 64.3 Å². The molecule has 3 heterocycles. The van der Waals surface area contributed by atoms with Crippen LogP contribution in [0.25, 0.3) is 0 Å². The van der Waals surface area contributed by atoms with Gasteiger partial charge in [0.05, 0.1) is 17.1 Å². The number of aromatic nitrogens is 2. The van der Waals surface area contributed by atoms with Gasteiger partial charge in [-0.25, -0.2) is 23.1 Å². The summed E-state index contributed by atoms with van der Waals surface area (Å²) in [5.74, 6) is -1.90. The van der Waals surface area contributed by atoms with E-state index >= 15 is 0 Å². The lowest BCUT2D eigenvalue weighted by molar-refractivity contribution is -0.138. The van der Waals surface area contributed by atoms with Crippen LogP contribution in [0.1, 0.15) is 31.2 Å². The third-order valence-corrected chi connectivity index (χ3v) is 7.68. The number of nitrogens with zero attached hydrogens (tertiary/aromatic N) is 5. The number of anilines is 4. The first kappa shape index (κ1) is 28.3. The lowest BCUT2D eigenvalue weighted by Gasteiger charge is -2.38. The standard InChI is InChI=1S/C29H32F3N7O2/c30-21-1-2-26(27(14-21)39(18-40)25-12-22(31)11-23(32)13-25)36-24-5-9-38(10-6-24)28(41)20-3-7-37(8-4-20)17-19-15-34-29(33)35-16-19/h1-2,11-16,18,20,24,36H,3-10,17H2,(H2,33,34,35). The Morgan fingerprint density at radius 3 is 2.24 bits per heavy atom. The van der Waals surface area contributed by atoms with Crippen LogP contribution < -0.4 is 16.0 Å². The second-order valence-electron chi connectivity index (χ2n) is 10.5. The number of amides is 2. The maximum atomic E-state index is 14.2. The highest BCUT2D eigenvalue weighted by molar-refractivity contribution is 5.92. The fourth-order valence-electron chi connectivity index (χ4n) is 5.53. The molecular weight excluding hydrogens is 535 g/mol. The van der Waals surface area contributed by atoms with Crippen LogP contribution in [0.5, 0.6) is 0 Å². The molecule has 2 fully saturated rings. The maximum absolute atomic E-state index is 14.2. The molecule has 12 heteroatoms. The summed E-state index contributed by atoms with van der Waals surface area (Å²) in [6, 6.07) is 6.58. The summed E-state index contributed by atoms with van der Waals surface area (Å²) in [4.78, 5) is 38.5. The molecule has 0 atom stereocenters. The maximum Gasteiger partial charge on any atom is 0.225 e. The Balaban J connectivity index is 1.16.